The minimum atomic E-state index is 0.510. The number of guanidine groups is 1. The van der Waals surface area contributed by atoms with Crippen LogP contribution in [0.3, 0.4) is 0 Å². The van der Waals surface area contributed by atoms with Gasteiger partial charge in [0.1, 0.15) is 0 Å². The van der Waals surface area contributed by atoms with Gasteiger partial charge >= 0.3 is 0 Å². The van der Waals surface area contributed by atoms with E-state index in [9.17, 15) is 0 Å². The Morgan fingerprint density at radius 3 is 2.94 bits per heavy atom. The third-order valence-corrected chi connectivity index (χ3v) is 3.15. The molecule has 0 radical (unpaired) electrons. The Kier molecular flexibility index (Phi) is 3.98. The van der Waals surface area contributed by atoms with Gasteiger partial charge in [0, 0.05) is 19.3 Å². The Bertz CT molecular complexity index is 377. The third kappa shape index (κ3) is 3.20. The van der Waals surface area contributed by atoms with E-state index in [1.165, 1.54) is 25.7 Å². The van der Waals surface area contributed by atoms with Crippen LogP contribution < -0.4 is 16.6 Å². The van der Waals surface area contributed by atoms with Crippen LogP contribution in [0.25, 0.3) is 0 Å². The lowest BCUT2D eigenvalue weighted by Crippen LogP contribution is -2.45. The van der Waals surface area contributed by atoms with Gasteiger partial charge in [0.15, 0.2) is 0 Å². The van der Waals surface area contributed by atoms with Crippen LogP contribution in [0, 0.1) is 0 Å². The van der Waals surface area contributed by atoms with Gasteiger partial charge in [-0.2, -0.15) is 5.10 Å². The van der Waals surface area contributed by atoms with Crippen molar-refractivity contribution in [2.75, 3.05) is 0 Å². The monoisotopic (exact) mass is 236 g/mol. The van der Waals surface area contributed by atoms with Gasteiger partial charge in [-0.15, -0.1) is 0 Å². The van der Waals surface area contributed by atoms with E-state index in [0.717, 1.165) is 5.69 Å². The van der Waals surface area contributed by atoms with Crippen LogP contribution in [0.15, 0.2) is 17.3 Å². The normalized spacial score (nSPS) is 17.4. The molecular formula is C11H20N6. The fourth-order valence-corrected chi connectivity index (χ4v) is 2.11. The highest BCUT2D eigenvalue weighted by Crippen LogP contribution is 2.17. The number of nitrogens with zero attached hydrogens (tertiary/aromatic N) is 3. The van der Waals surface area contributed by atoms with E-state index in [1.807, 2.05) is 17.8 Å². The number of nitrogens with two attached hydrogens (primary N) is 1. The Labute approximate surface area is 101 Å². The number of aliphatic imine (C=N–C) groups is 1. The fourth-order valence-electron chi connectivity index (χ4n) is 2.11. The molecule has 0 unspecified atom stereocenters. The molecule has 0 amide bonds. The van der Waals surface area contributed by atoms with Crippen LogP contribution in [0.2, 0.25) is 0 Å². The summed E-state index contributed by atoms with van der Waals surface area (Å²) in [6, 6.07) is 2.46. The molecule has 0 spiro atoms. The number of aryl methyl sites for hydroxylation is 1. The van der Waals surface area contributed by atoms with Gasteiger partial charge in [-0.3, -0.25) is 10.1 Å². The van der Waals surface area contributed by atoms with Crippen molar-refractivity contribution in [1.29, 1.82) is 0 Å². The highest BCUT2D eigenvalue weighted by molar-refractivity contribution is 5.79. The summed E-state index contributed by atoms with van der Waals surface area (Å²) in [7, 11) is 1.91. The van der Waals surface area contributed by atoms with Crippen molar-refractivity contribution >= 4 is 5.96 Å². The maximum atomic E-state index is 5.46. The Hall–Kier alpha value is -1.56. The summed E-state index contributed by atoms with van der Waals surface area (Å²) < 4.78 is 1.81. The summed E-state index contributed by atoms with van der Waals surface area (Å²) in [4.78, 5) is 4.42. The van der Waals surface area contributed by atoms with E-state index >= 15 is 0 Å². The van der Waals surface area contributed by atoms with Crippen molar-refractivity contribution in [3.63, 3.8) is 0 Å². The average molecular weight is 236 g/mol. The average Bonchev–Trinajstić information content (AvgIpc) is 2.96. The number of hydrogen-bond acceptors (Lipinski definition) is 3. The van der Waals surface area contributed by atoms with Gasteiger partial charge in [0.2, 0.25) is 5.96 Å². The first-order chi connectivity index (χ1) is 8.29. The van der Waals surface area contributed by atoms with Gasteiger partial charge in [0.25, 0.3) is 0 Å². The van der Waals surface area contributed by atoms with Crippen LogP contribution in [0.4, 0.5) is 0 Å². The van der Waals surface area contributed by atoms with Gasteiger partial charge in [-0.05, 0) is 18.9 Å². The van der Waals surface area contributed by atoms with Crippen molar-refractivity contribution in [2.24, 2.45) is 17.9 Å². The number of rotatable bonds is 3. The molecular weight excluding hydrogens is 216 g/mol. The van der Waals surface area contributed by atoms with Crippen molar-refractivity contribution in [1.82, 2.24) is 20.5 Å². The summed E-state index contributed by atoms with van der Waals surface area (Å²) in [6.07, 6.45) is 6.75. The highest BCUT2D eigenvalue weighted by Gasteiger charge is 2.15. The zero-order valence-electron chi connectivity index (χ0n) is 10.2. The predicted molar refractivity (Wildman–Crippen MR) is 67.1 cm³/mol. The first-order valence-electron chi connectivity index (χ1n) is 6.04. The summed E-state index contributed by atoms with van der Waals surface area (Å²) in [6.45, 7) is 0.579. The van der Waals surface area contributed by atoms with Crippen molar-refractivity contribution in [3.8, 4) is 0 Å². The molecule has 1 aromatic heterocycles. The van der Waals surface area contributed by atoms with E-state index in [4.69, 9.17) is 5.84 Å². The minimum Gasteiger partial charge on any atom is -0.353 e. The summed E-state index contributed by atoms with van der Waals surface area (Å²) >= 11 is 0. The largest absolute Gasteiger partial charge is 0.353 e. The second-order valence-corrected chi connectivity index (χ2v) is 4.38. The summed E-state index contributed by atoms with van der Waals surface area (Å²) in [5.74, 6) is 6.13. The topological polar surface area (TPSA) is 80.3 Å². The molecule has 6 nitrogen and oxygen atoms in total. The maximum Gasteiger partial charge on any atom is 0.206 e. The molecule has 94 valence electrons. The van der Waals surface area contributed by atoms with Gasteiger partial charge in [-0.25, -0.2) is 10.8 Å². The smallest absolute Gasteiger partial charge is 0.206 e. The Morgan fingerprint density at radius 1 is 1.59 bits per heavy atom. The second kappa shape index (κ2) is 5.67. The molecule has 0 bridgehead atoms. The van der Waals surface area contributed by atoms with Crippen molar-refractivity contribution in [3.05, 3.63) is 18.0 Å². The molecule has 1 aromatic rings. The fraction of sp³-hybridized carbons (Fsp3) is 0.636. The number of aromatic nitrogens is 2. The molecule has 0 aliphatic heterocycles. The van der Waals surface area contributed by atoms with Crippen molar-refractivity contribution < 1.29 is 0 Å². The lowest BCUT2D eigenvalue weighted by atomic mass is 10.2. The molecule has 6 heteroatoms. The van der Waals surface area contributed by atoms with Crippen LogP contribution in [0.1, 0.15) is 31.4 Å². The molecule has 4 N–H and O–H groups in total. The number of hydrazine groups is 1. The van der Waals surface area contributed by atoms with Crippen molar-refractivity contribution in [2.45, 2.75) is 38.3 Å². The second-order valence-electron chi connectivity index (χ2n) is 4.38. The van der Waals surface area contributed by atoms with Crippen LogP contribution in [0.5, 0.6) is 0 Å². The molecule has 0 atom stereocenters. The van der Waals surface area contributed by atoms with Gasteiger partial charge in [-0.1, -0.05) is 12.8 Å². The number of hydrogen-bond donors (Lipinski definition) is 3. The Morgan fingerprint density at radius 2 is 2.35 bits per heavy atom. The van der Waals surface area contributed by atoms with Gasteiger partial charge < -0.3 is 5.32 Å². The molecule has 0 aromatic carbocycles. The summed E-state index contributed by atoms with van der Waals surface area (Å²) in [5.41, 5.74) is 3.68. The van der Waals surface area contributed by atoms with Gasteiger partial charge in [0.05, 0.1) is 12.2 Å². The molecule has 1 aliphatic rings. The van der Waals surface area contributed by atoms with E-state index < -0.39 is 0 Å². The van der Waals surface area contributed by atoms with E-state index in [1.54, 1.807) is 6.20 Å². The quantitative estimate of drug-likeness (QED) is 0.305. The zero-order chi connectivity index (χ0) is 12.1. The van der Waals surface area contributed by atoms with E-state index in [2.05, 4.69) is 20.8 Å². The molecule has 1 fully saturated rings. The first kappa shape index (κ1) is 11.9. The highest BCUT2D eigenvalue weighted by atomic mass is 15.3. The van der Waals surface area contributed by atoms with Crippen LogP contribution >= 0.6 is 0 Å². The Balaban J connectivity index is 1.90. The standard InChI is InChI=1S/C11H20N6/c1-17-10(6-7-14-17)8-13-11(16-12)15-9-4-2-3-5-9/h6-7,9H,2-5,8,12H2,1H3,(H2,13,15,16). The molecule has 1 heterocycles. The molecule has 2 rings (SSSR count). The summed E-state index contributed by atoms with van der Waals surface area (Å²) in [5, 5.41) is 7.43. The predicted octanol–water partition coefficient (Wildman–Crippen LogP) is 0.272. The first-order valence-corrected chi connectivity index (χ1v) is 6.04. The minimum absolute atomic E-state index is 0.510. The molecule has 0 saturated heterocycles. The maximum absolute atomic E-state index is 5.46. The molecule has 1 aliphatic carbocycles. The lowest BCUT2D eigenvalue weighted by Gasteiger charge is -2.14. The third-order valence-electron chi connectivity index (χ3n) is 3.15. The van der Waals surface area contributed by atoms with E-state index in [0.29, 0.717) is 18.5 Å². The molecule has 17 heavy (non-hydrogen) atoms. The SMILES string of the molecule is Cn1nccc1CN=C(NN)NC1CCCC1. The molecule has 1 saturated carbocycles. The van der Waals surface area contributed by atoms with E-state index in [-0.39, 0.29) is 0 Å². The lowest BCUT2D eigenvalue weighted by molar-refractivity contribution is 0.612. The van der Waals surface area contributed by atoms with Crippen LogP contribution in [-0.4, -0.2) is 21.8 Å². The van der Waals surface area contributed by atoms with Crippen LogP contribution in [-0.2, 0) is 13.6 Å². The number of nitrogens with one attached hydrogen (secondary N) is 2. The zero-order valence-corrected chi connectivity index (χ0v) is 10.2.